The van der Waals surface area contributed by atoms with Crippen LogP contribution in [0.1, 0.15) is 30.5 Å². The standard InChI is InChI=1S/C27H17Cl2F6N3O5/c1-14(39)42-23-9-3-16(11-24(23)43-15(2)40)4-10-25(41)38(18-6-8-22(29)20(13-18)27(33,34)35)37-36-17-5-7-21(28)19(12-17)26(30,31)32/h3-13H,1-2H3/b10-4+,37-36?. The van der Waals surface area contributed by atoms with Gasteiger partial charge in [0.15, 0.2) is 11.5 Å². The predicted octanol–water partition coefficient (Wildman–Crippen LogP) is 8.63. The molecule has 0 aliphatic carbocycles. The molecule has 0 fully saturated rings. The van der Waals surface area contributed by atoms with Gasteiger partial charge in [0, 0.05) is 19.9 Å². The molecule has 3 rings (SSSR count). The van der Waals surface area contributed by atoms with Crippen molar-refractivity contribution in [2.75, 3.05) is 5.01 Å². The smallest absolute Gasteiger partial charge is 0.417 e. The summed E-state index contributed by atoms with van der Waals surface area (Å²) in [6.07, 6.45) is -7.78. The molecule has 0 aliphatic rings. The molecule has 43 heavy (non-hydrogen) atoms. The Morgan fingerprint density at radius 1 is 0.767 bits per heavy atom. The largest absolute Gasteiger partial charge is 0.423 e. The molecule has 16 heteroatoms. The minimum atomic E-state index is -4.93. The number of rotatable bonds is 7. The van der Waals surface area contributed by atoms with Crippen LogP contribution in [0.25, 0.3) is 6.08 Å². The van der Waals surface area contributed by atoms with Crippen molar-refractivity contribution in [3.05, 3.63) is 87.4 Å². The highest BCUT2D eigenvalue weighted by atomic mass is 35.5. The molecular formula is C27H17Cl2F6N3O5. The highest BCUT2D eigenvalue weighted by Gasteiger charge is 2.35. The molecule has 0 bridgehead atoms. The Hall–Kier alpha value is -4.43. The molecule has 226 valence electrons. The summed E-state index contributed by atoms with van der Waals surface area (Å²) in [4.78, 5) is 35.9. The van der Waals surface area contributed by atoms with E-state index in [4.69, 9.17) is 32.7 Å². The van der Waals surface area contributed by atoms with Gasteiger partial charge in [-0.15, -0.1) is 5.11 Å². The quantitative estimate of drug-likeness (QED) is 0.0638. The summed E-state index contributed by atoms with van der Waals surface area (Å²) in [6, 6.07) is 8.68. The van der Waals surface area contributed by atoms with Crippen molar-refractivity contribution in [2.24, 2.45) is 10.3 Å². The van der Waals surface area contributed by atoms with Crippen LogP contribution in [0.4, 0.5) is 37.7 Å². The first-order valence-electron chi connectivity index (χ1n) is 11.6. The van der Waals surface area contributed by atoms with Crippen LogP contribution in [0, 0.1) is 0 Å². The molecule has 3 aromatic carbocycles. The van der Waals surface area contributed by atoms with E-state index in [0.29, 0.717) is 17.1 Å². The van der Waals surface area contributed by atoms with Crippen LogP contribution in [0.5, 0.6) is 11.5 Å². The number of halogens is 8. The lowest BCUT2D eigenvalue weighted by Gasteiger charge is -2.17. The van der Waals surface area contributed by atoms with Crippen LogP contribution in [-0.2, 0) is 26.7 Å². The summed E-state index contributed by atoms with van der Waals surface area (Å²) < 4.78 is 90.3. The Morgan fingerprint density at radius 2 is 1.33 bits per heavy atom. The summed E-state index contributed by atoms with van der Waals surface area (Å²) >= 11 is 11.3. The third kappa shape index (κ3) is 9.03. The Balaban J connectivity index is 2.05. The molecule has 0 heterocycles. The molecule has 0 radical (unpaired) electrons. The molecule has 0 N–H and O–H groups in total. The van der Waals surface area contributed by atoms with Gasteiger partial charge in [-0.3, -0.25) is 14.4 Å². The number of esters is 2. The Labute approximate surface area is 249 Å². The monoisotopic (exact) mass is 647 g/mol. The van der Waals surface area contributed by atoms with Crippen LogP contribution in [0.3, 0.4) is 0 Å². The molecule has 0 saturated carbocycles. The molecular weight excluding hydrogens is 631 g/mol. The van der Waals surface area contributed by atoms with Crippen molar-refractivity contribution >= 4 is 58.5 Å². The Morgan fingerprint density at radius 3 is 1.91 bits per heavy atom. The van der Waals surface area contributed by atoms with Crippen LogP contribution in [-0.4, -0.2) is 17.8 Å². The maximum atomic E-state index is 13.5. The fraction of sp³-hybridized carbons (Fsp3) is 0.148. The van der Waals surface area contributed by atoms with Crippen LogP contribution < -0.4 is 14.5 Å². The molecule has 0 aromatic heterocycles. The lowest BCUT2D eigenvalue weighted by molar-refractivity contribution is -0.138. The van der Waals surface area contributed by atoms with Gasteiger partial charge in [-0.05, 0) is 60.2 Å². The minimum Gasteiger partial charge on any atom is -0.423 e. The molecule has 0 spiro atoms. The van der Waals surface area contributed by atoms with Gasteiger partial charge in [-0.25, -0.2) is 0 Å². The second kappa shape index (κ2) is 13.3. The van der Waals surface area contributed by atoms with E-state index in [1.807, 2.05) is 0 Å². The normalized spacial score (nSPS) is 12.0. The SMILES string of the molecule is CC(=O)Oc1ccc(/C=C/C(=O)N(N=Nc2ccc(Cl)c(C(F)(F)F)c2)c2ccc(Cl)c(C(F)(F)F)c2)cc1OC(C)=O. The second-order valence-corrected chi connectivity index (χ2v) is 9.20. The zero-order valence-electron chi connectivity index (χ0n) is 21.8. The predicted molar refractivity (Wildman–Crippen MR) is 143 cm³/mol. The van der Waals surface area contributed by atoms with E-state index >= 15 is 0 Å². The zero-order valence-corrected chi connectivity index (χ0v) is 23.3. The third-order valence-electron chi connectivity index (χ3n) is 5.11. The highest BCUT2D eigenvalue weighted by Crippen LogP contribution is 2.39. The van der Waals surface area contributed by atoms with Gasteiger partial charge < -0.3 is 9.47 Å². The molecule has 0 aliphatic heterocycles. The summed E-state index contributed by atoms with van der Waals surface area (Å²) in [6.45, 7) is 2.20. The first-order valence-corrected chi connectivity index (χ1v) is 12.4. The number of nitrogens with zero attached hydrogens (tertiary/aromatic N) is 3. The number of alkyl halides is 6. The van der Waals surface area contributed by atoms with Crippen LogP contribution >= 0.6 is 23.2 Å². The maximum absolute atomic E-state index is 13.5. The van der Waals surface area contributed by atoms with E-state index in [0.717, 1.165) is 50.3 Å². The van der Waals surface area contributed by atoms with Crippen molar-refractivity contribution in [1.29, 1.82) is 0 Å². The average molecular weight is 648 g/mol. The number of ether oxygens (including phenoxy) is 2. The van der Waals surface area contributed by atoms with Crippen molar-refractivity contribution in [3.8, 4) is 11.5 Å². The van der Waals surface area contributed by atoms with Gasteiger partial charge in [0.25, 0.3) is 5.91 Å². The molecule has 0 unspecified atom stereocenters. The number of benzene rings is 3. The van der Waals surface area contributed by atoms with E-state index in [-0.39, 0.29) is 17.1 Å². The van der Waals surface area contributed by atoms with Gasteiger partial charge in [0.1, 0.15) is 0 Å². The number of carbonyl (C=O) groups is 3. The van der Waals surface area contributed by atoms with Gasteiger partial charge in [-0.1, -0.05) is 34.5 Å². The summed E-state index contributed by atoms with van der Waals surface area (Å²) in [7, 11) is 0. The Kier molecular flexibility index (Phi) is 10.2. The molecule has 3 aromatic rings. The minimum absolute atomic E-state index is 0.108. The summed E-state index contributed by atoms with van der Waals surface area (Å²) in [5, 5.41) is 6.26. The van der Waals surface area contributed by atoms with Crippen molar-refractivity contribution in [3.63, 3.8) is 0 Å². The zero-order chi connectivity index (χ0) is 32.1. The van der Waals surface area contributed by atoms with Crippen LogP contribution in [0.2, 0.25) is 10.0 Å². The number of hydrogen-bond donors (Lipinski definition) is 0. The first kappa shape index (κ1) is 33.1. The molecule has 0 saturated heterocycles. The average Bonchev–Trinajstić information content (AvgIpc) is 2.88. The van der Waals surface area contributed by atoms with Crippen LogP contribution in [0.15, 0.2) is 71.0 Å². The van der Waals surface area contributed by atoms with Gasteiger partial charge in [-0.2, -0.15) is 31.4 Å². The fourth-order valence-electron chi connectivity index (χ4n) is 3.31. The summed E-state index contributed by atoms with van der Waals surface area (Å²) in [5.74, 6) is -2.84. The number of carbonyl (C=O) groups excluding carboxylic acids is 3. The van der Waals surface area contributed by atoms with E-state index in [2.05, 4.69) is 10.3 Å². The van der Waals surface area contributed by atoms with E-state index < -0.39 is 62.7 Å². The number of amides is 1. The highest BCUT2D eigenvalue weighted by molar-refractivity contribution is 6.31. The summed E-state index contributed by atoms with van der Waals surface area (Å²) in [5.41, 5.74) is -3.27. The van der Waals surface area contributed by atoms with Crippen molar-refractivity contribution < 1.29 is 50.2 Å². The molecule has 8 nitrogen and oxygen atoms in total. The fourth-order valence-corrected chi connectivity index (χ4v) is 3.76. The van der Waals surface area contributed by atoms with Crippen molar-refractivity contribution in [2.45, 2.75) is 26.2 Å². The lowest BCUT2D eigenvalue weighted by atomic mass is 10.1. The maximum Gasteiger partial charge on any atom is 0.417 e. The van der Waals surface area contributed by atoms with Gasteiger partial charge >= 0.3 is 24.3 Å². The molecule has 1 amide bonds. The second-order valence-electron chi connectivity index (χ2n) is 8.39. The molecule has 0 atom stereocenters. The topological polar surface area (TPSA) is 97.6 Å². The third-order valence-corrected chi connectivity index (χ3v) is 5.77. The lowest BCUT2D eigenvalue weighted by Crippen LogP contribution is -2.23. The van der Waals surface area contributed by atoms with E-state index in [1.54, 1.807) is 0 Å². The van der Waals surface area contributed by atoms with Crippen molar-refractivity contribution in [1.82, 2.24) is 0 Å². The van der Waals surface area contributed by atoms with E-state index in [1.165, 1.54) is 18.2 Å². The Bertz CT molecular complexity index is 1620. The number of hydrogen-bond acceptors (Lipinski definition) is 7. The van der Waals surface area contributed by atoms with Gasteiger partial charge in [0.2, 0.25) is 0 Å². The first-order chi connectivity index (χ1) is 20.0. The van der Waals surface area contributed by atoms with Gasteiger partial charge in [0.05, 0.1) is 32.5 Å². The number of anilines is 1. The van der Waals surface area contributed by atoms with E-state index in [9.17, 15) is 40.7 Å².